The minimum absolute atomic E-state index is 0.0355. The summed E-state index contributed by atoms with van der Waals surface area (Å²) in [7, 11) is -0.909. The number of carbonyl (C=O) groups excluding carboxylic acids is 3. The first kappa shape index (κ1) is 24.6. The summed E-state index contributed by atoms with van der Waals surface area (Å²) in [4.78, 5) is 37.8. The van der Waals surface area contributed by atoms with Crippen molar-refractivity contribution in [1.82, 2.24) is 14.5 Å². The van der Waals surface area contributed by atoms with Crippen molar-refractivity contribution in [1.29, 1.82) is 0 Å². The molecular formula is C19H29N3O6S. The van der Waals surface area contributed by atoms with Crippen LogP contribution in [0.2, 0.25) is 0 Å². The minimum Gasteiger partial charge on any atom is -0.454 e. The average molecular weight is 428 g/mol. The maximum Gasteiger partial charge on any atom is 0.325 e. The highest BCUT2D eigenvalue weighted by atomic mass is 32.2. The summed E-state index contributed by atoms with van der Waals surface area (Å²) in [5, 5.41) is 2.36. The average Bonchev–Trinajstić information content (AvgIpc) is 2.63. The number of nitrogens with zero attached hydrogens (tertiary/aromatic N) is 2. The van der Waals surface area contributed by atoms with E-state index in [1.165, 1.54) is 38.4 Å². The molecule has 0 saturated carbocycles. The van der Waals surface area contributed by atoms with E-state index in [0.717, 1.165) is 4.31 Å². The molecule has 1 aromatic rings. The monoisotopic (exact) mass is 427 g/mol. The summed E-state index contributed by atoms with van der Waals surface area (Å²) in [6.07, 6.45) is 0. The lowest BCUT2D eigenvalue weighted by Crippen LogP contribution is -2.44. The molecule has 0 unspecified atom stereocenters. The number of hydrogen-bond donors (Lipinski definition) is 1. The highest BCUT2D eigenvalue weighted by Crippen LogP contribution is 2.14. The van der Waals surface area contributed by atoms with E-state index in [1.54, 1.807) is 4.90 Å². The van der Waals surface area contributed by atoms with Crippen LogP contribution in [0.15, 0.2) is 29.2 Å². The molecule has 0 aromatic heterocycles. The van der Waals surface area contributed by atoms with E-state index < -0.39 is 35.1 Å². The molecule has 29 heavy (non-hydrogen) atoms. The van der Waals surface area contributed by atoms with Gasteiger partial charge in [-0.2, -0.15) is 0 Å². The van der Waals surface area contributed by atoms with Crippen molar-refractivity contribution in [2.24, 2.45) is 0 Å². The van der Waals surface area contributed by atoms with Gasteiger partial charge in [-0.15, -0.1) is 0 Å². The Labute approximate surface area is 172 Å². The summed E-state index contributed by atoms with van der Waals surface area (Å²) in [6.45, 7) is 6.60. The van der Waals surface area contributed by atoms with Crippen LogP contribution in [-0.4, -0.2) is 74.7 Å². The van der Waals surface area contributed by atoms with Gasteiger partial charge in [-0.25, -0.2) is 12.7 Å². The van der Waals surface area contributed by atoms with Gasteiger partial charge < -0.3 is 15.0 Å². The zero-order valence-corrected chi connectivity index (χ0v) is 18.4. The number of sulfonamides is 1. The van der Waals surface area contributed by atoms with Crippen LogP contribution < -0.4 is 5.32 Å². The van der Waals surface area contributed by atoms with Crippen molar-refractivity contribution in [3.8, 4) is 0 Å². The van der Waals surface area contributed by atoms with Crippen LogP contribution in [0.25, 0.3) is 0 Å². The standard InChI is InChI=1S/C19H29N3O6S/c1-13(2)22(14(3)4)17(23)12-28-18(24)11-20-19(25)15-8-7-9-16(10-15)29(26,27)21(5)6/h7-10,13-14H,11-12H2,1-6H3,(H,20,25). The van der Waals surface area contributed by atoms with Gasteiger partial charge in [-0.05, 0) is 45.9 Å². The molecule has 162 valence electrons. The molecule has 0 atom stereocenters. The molecular weight excluding hydrogens is 398 g/mol. The Kier molecular flexibility index (Phi) is 8.78. The van der Waals surface area contributed by atoms with E-state index in [2.05, 4.69) is 5.32 Å². The largest absolute Gasteiger partial charge is 0.454 e. The third-order valence-electron chi connectivity index (χ3n) is 4.03. The maximum atomic E-state index is 12.2. The number of amides is 2. The molecule has 10 heteroatoms. The van der Waals surface area contributed by atoms with Crippen molar-refractivity contribution < 1.29 is 27.5 Å². The van der Waals surface area contributed by atoms with Crippen LogP contribution in [0.4, 0.5) is 0 Å². The molecule has 0 bridgehead atoms. The van der Waals surface area contributed by atoms with E-state index in [4.69, 9.17) is 4.74 Å². The fourth-order valence-corrected chi connectivity index (χ4v) is 3.65. The molecule has 0 aliphatic carbocycles. The fraction of sp³-hybridized carbons (Fsp3) is 0.526. The van der Waals surface area contributed by atoms with Gasteiger partial charge in [-0.1, -0.05) is 6.07 Å². The molecule has 0 spiro atoms. The summed E-state index contributed by atoms with van der Waals surface area (Å²) in [5.41, 5.74) is 0.0857. The first-order chi connectivity index (χ1) is 13.4. The number of benzene rings is 1. The van der Waals surface area contributed by atoms with Gasteiger partial charge in [0, 0.05) is 31.7 Å². The summed E-state index contributed by atoms with van der Waals surface area (Å²) >= 11 is 0. The second-order valence-electron chi connectivity index (χ2n) is 7.15. The Hall–Kier alpha value is -2.46. The number of esters is 1. The normalized spacial score (nSPS) is 11.6. The van der Waals surface area contributed by atoms with Crippen molar-refractivity contribution >= 4 is 27.8 Å². The molecule has 1 aromatic carbocycles. The smallest absolute Gasteiger partial charge is 0.325 e. The van der Waals surface area contributed by atoms with Gasteiger partial charge in [0.1, 0.15) is 6.54 Å². The predicted molar refractivity (Wildman–Crippen MR) is 108 cm³/mol. The second kappa shape index (κ2) is 10.4. The van der Waals surface area contributed by atoms with Crippen LogP contribution >= 0.6 is 0 Å². The van der Waals surface area contributed by atoms with E-state index in [-0.39, 0.29) is 28.4 Å². The molecule has 0 saturated heterocycles. The number of ether oxygens (including phenoxy) is 1. The lowest BCUT2D eigenvalue weighted by Gasteiger charge is -2.30. The SMILES string of the molecule is CC(C)N(C(=O)COC(=O)CNC(=O)c1cccc(S(=O)(=O)N(C)C)c1)C(C)C. The van der Waals surface area contributed by atoms with Gasteiger partial charge >= 0.3 is 5.97 Å². The van der Waals surface area contributed by atoms with Gasteiger partial charge in [0.15, 0.2) is 6.61 Å². The molecule has 1 rings (SSSR count). The molecule has 0 radical (unpaired) electrons. The van der Waals surface area contributed by atoms with Gasteiger partial charge in [0.05, 0.1) is 4.90 Å². The molecule has 0 fully saturated rings. The van der Waals surface area contributed by atoms with Crippen LogP contribution in [0, 0.1) is 0 Å². The van der Waals surface area contributed by atoms with E-state index in [9.17, 15) is 22.8 Å². The Morgan fingerprint density at radius 1 is 1.07 bits per heavy atom. The van der Waals surface area contributed by atoms with Crippen molar-refractivity contribution in [3.63, 3.8) is 0 Å². The molecule has 1 N–H and O–H groups in total. The zero-order chi connectivity index (χ0) is 22.4. The van der Waals surface area contributed by atoms with Gasteiger partial charge in [-0.3, -0.25) is 14.4 Å². The lowest BCUT2D eigenvalue weighted by molar-refractivity contribution is -0.152. The summed E-state index contributed by atoms with van der Waals surface area (Å²) in [5.74, 6) is -1.72. The molecule has 9 nitrogen and oxygen atoms in total. The van der Waals surface area contributed by atoms with Crippen molar-refractivity contribution in [3.05, 3.63) is 29.8 Å². The van der Waals surface area contributed by atoms with Crippen molar-refractivity contribution in [2.75, 3.05) is 27.2 Å². The summed E-state index contributed by atoms with van der Waals surface area (Å²) < 4.78 is 30.3. The lowest BCUT2D eigenvalue weighted by atomic mass is 10.2. The second-order valence-corrected chi connectivity index (χ2v) is 9.30. The quantitative estimate of drug-likeness (QED) is 0.585. The highest BCUT2D eigenvalue weighted by molar-refractivity contribution is 7.89. The Morgan fingerprint density at radius 2 is 1.66 bits per heavy atom. The van der Waals surface area contributed by atoms with E-state index in [0.29, 0.717) is 0 Å². The molecule has 0 heterocycles. The third-order valence-corrected chi connectivity index (χ3v) is 5.84. The van der Waals surface area contributed by atoms with Crippen molar-refractivity contribution in [2.45, 2.75) is 44.7 Å². The molecule has 2 amide bonds. The predicted octanol–water partition coefficient (Wildman–Crippen LogP) is 0.855. The Bertz CT molecular complexity index is 841. The fourth-order valence-electron chi connectivity index (χ4n) is 2.70. The number of carbonyl (C=O) groups is 3. The first-order valence-electron chi connectivity index (χ1n) is 9.15. The maximum absolute atomic E-state index is 12.2. The van der Waals surface area contributed by atoms with Crippen LogP contribution in [-0.2, 0) is 24.3 Å². The van der Waals surface area contributed by atoms with E-state index >= 15 is 0 Å². The van der Waals surface area contributed by atoms with Crippen LogP contribution in [0.5, 0.6) is 0 Å². The number of hydrogen-bond acceptors (Lipinski definition) is 6. The highest BCUT2D eigenvalue weighted by Gasteiger charge is 2.22. The Morgan fingerprint density at radius 3 is 2.17 bits per heavy atom. The minimum atomic E-state index is -3.69. The van der Waals surface area contributed by atoms with Crippen LogP contribution in [0.3, 0.4) is 0 Å². The van der Waals surface area contributed by atoms with Gasteiger partial charge in [0.2, 0.25) is 10.0 Å². The number of rotatable bonds is 9. The third kappa shape index (κ3) is 6.82. The first-order valence-corrected chi connectivity index (χ1v) is 10.6. The van der Waals surface area contributed by atoms with Gasteiger partial charge in [0.25, 0.3) is 11.8 Å². The Balaban J connectivity index is 2.65. The molecule has 0 aliphatic heterocycles. The number of nitrogens with one attached hydrogen (secondary N) is 1. The zero-order valence-electron chi connectivity index (χ0n) is 17.6. The summed E-state index contributed by atoms with van der Waals surface area (Å²) in [6, 6.07) is 5.40. The van der Waals surface area contributed by atoms with E-state index in [1.807, 2.05) is 27.7 Å². The molecule has 0 aliphatic rings. The van der Waals surface area contributed by atoms with Crippen LogP contribution in [0.1, 0.15) is 38.1 Å². The topological polar surface area (TPSA) is 113 Å².